The zero-order valence-electron chi connectivity index (χ0n) is 18.3. The predicted molar refractivity (Wildman–Crippen MR) is 130 cm³/mol. The van der Waals surface area contributed by atoms with E-state index in [0.29, 0.717) is 6.54 Å². The van der Waals surface area contributed by atoms with E-state index in [1.54, 1.807) is 16.7 Å². The molecule has 0 aromatic heterocycles. The first-order chi connectivity index (χ1) is 15.2. The van der Waals surface area contributed by atoms with E-state index in [9.17, 15) is 8.42 Å². The Morgan fingerprint density at radius 2 is 1.84 bits per heavy atom. The van der Waals surface area contributed by atoms with Gasteiger partial charge in [0.05, 0.1) is 0 Å². The van der Waals surface area contributed by atoms with Gasteiger partial charge in [-0.25, -0.2) is 0 Å². The second-order valence-corrected chi connectivity index (χ2v) is 15.6. The van der Waals surface area contributed by atoms with Gasteiger partial charge in [-0.15, -0.1) is 0 Å². The third kappa shape index (κ3) is 7.53. The molecule has 0 heterocycles. The molecule has 0 amide bonds. The summed E-state index contributed by atoms with van der Waals surface area (Å²) in [6, 6.07) is 12.9. The van der Waals surface area contributed by atoms with Crippen LogP contribution in [-0.2, 0) is 30.1 Å². The average molecular weight is 587 g/mol. The van der Waals surface area contributed by atoms with Gasteiger partial charge in [-0.3, -0.25) is 0 Å². The molecule has 32 heavy (non-hydrogen) atoms. The minimum absolute atomic E-state index is 0.00320. The molecule has 0 aliphatic heterocycles. The topological polar surface area (TPSA) is 67.4 Å². The Morgan fingerprint density at radius 3 is 2.53 bits per heavy atom. The number of nitrogens with one attached hydrogen (secondary N) is 2. The van der Waals surface area contributed by atoms with Crippen molar-refractivity contribution in [2.75, 3.05) is 5.32 Å². The number of sulfonamides is 1. The van der Waals surface area contributed by atoms with Crippen LogP contribution < -0.4 is 14.8 Å². The third-order valence-corrected chi connectivity index (χ3v) is 8.61. The molecule has 0 unspecified atom stereocenters. The number of anilines is 1. The van der Waals surface area contributed by atoms with Gasteiger partial charge in [0, 0.05) is 0 Å². The first-order valence-electron chi connectivity index (χ1n) is 10.7. The van der Waals surface area contributed by atoms with Gasteiger partial charge >= 0.3 is 205 Å². The molecule has 2 N–H and O–H groups in total. The Morgan fingerprint density at radius 1 is 1.12 bits per heavy atom. The zero-order chi connectivity index (χ0) is 23.1. The van der Waals surface area contributed by atoms with E-state index < -0.39 is 23.5 Å². The minimum atomic E-state index is -3.60. The molecule has 178 valence electrons. The monoisotopic (exact) mass is 586 g/mol. The molecule has 9 heteroatoms. The van der Waals surface area contributed by atoms with Crippen LogP contribution in [0.5, 0.6) is 5.75 Å². The maximum atomic E-state index is 13.0. The van der Waals surface area contributed by atoms with E-state index in [-0.39, 0.29) is 17.0 Å². The summed E-state index contributed by atoms with van der Waals surface area (Å²) in [5.41, 5.74) is 2.53. The molecule has 0 radical (unpaired) electrons. The van der Waals surface area contributed by atoms with Crippen molar-refractivity contribution in [3.63, 3.8) is 0 Å². The molecule has 5 nitrogen and oxygen atoms in total. The number of rotatable bonds is 9. The number of ether oxygens (including phenoxy) is 1. The van der Waals surface area contributed by atoms with Crippen LogP contribution in [0.3, 0.4) is 0 Å². The molecule has 2 aromatic rings. The van der Waals surface area contributed by atoms with Crippen LogP contribution >= 0.6 is 19.4 Å². The summed E-state index contributed by atoms with van der Waals surface area (Å²) >= 11 is -2.16. The van der Waals surface area contributed by atoms with E-state index in [2.05, 4.69) is 10.0 Å². The van der Waals surface area contributed by atoms with E-state index in [0.717, 1.165) is 48.2 Å². The van der Waals surface area contributed by atoms with Crippen molar-refractivity contribution in [3.8, 4) is 5.75 Å². The fourth-order valence-electron chi connectivity index (χ4n) is 3.75. The van der Waals surface area contributed by atoms with E-state index in [1.807, 2.05) is 44.2 Å². The summed E-state index contributed by atoms with van der Waals surface area (Å²) in [6.45, 7) is 4.45. The van der Waals surface area contributed by atoms with Gasteiger partial charge in [-0.05, 0) is 0 Å². The molecule has 3 rings (SSSR count). The van der Waals surface area contributed by atoms with E-state index in [1.165, 1.54) is 6.42 Å². The quantitative estimate of drug-likeness (QED) is 0.366. The maximum absolute atomic E-state index is 13.0. The summed E-state index contributed by atoms with van der Waals surface area (Å²) in [5, 5.41) is 3.39. The van der Waals surface area contributed by atoms with Crippen molar-refractivity contribution in [3.05, 3.63) is 53.6 Å². The Bertz CT molecular complexity index is 1050. The molecular weight excluding hydrogens is 556 g/mol. The van der Waals surface area contributed by atoms with Gasteiger partial charge < -0.3 is 0 Å². The van der Waals surface area contributed by atoms with Gasteiger partial charge in [0.25, 0.3) is 0 Å². The molecule has 0 spiro atoms. The molecule has 2 aromatic carbocycles. The van der Waals surface area contributed by atoms with E-state index in [4.69, 9.17) is 24.1 Å². The summed E-state index contributed by atoms with van der Waals surface area (Å²) in [6.07, 6.45) is 5.12. The molecule has 1 aliphatic carbocycles. The first kappa shape index (κ1) is 25.6. The molecule has 0 saturated heterocycles. The number of halogens is 2. The molecule has 0 bridgehead atoms. The zero-order valence-corrected chi connectivity index (χ0v) is 22.3. The summed E-state index contributed by atoms with van der Waals surface area (Å²) in [7, 11) is 8.70. The molecule has 0 atom stereocenters. The fraction of sp³-hybridized carbons (Fsp3) is 0.435. The van der Waals surface area contributed by atoms with Gasteiger partial charge in [-0.1, -0.05) is 0 Å². The Labute approximate surface area is 204 Å². The van der Waals surface area contributed by atoms with Gasteiger partial charge in [0.2, 0.25) is 0 Å². The number of benzene rings is 2. The Kier molecular flexibility index (Phi) is 9.57. The van der Waals surface area contributed by atoms with Crippen molar-refractivity contribution in [2.24, 2.45) is 0 Å². The standard InChI is InChI=1S/C23H30N2O3S.2ClH.Ru/c1-17(2)28-23-12-8-7-11-22(23)24-16-19-13-14-21(15-18(19)3)29(26,27)25-20-9-5-4-6-10-20;;;/h3,7-8,11-15,17,20,24-25H,4-6,9-10,16H2,1-2H3;2*1H;/q;;;+2/p-2. The first-order valence-corrected chi connectivity index (χ1v) is 17.7. The normalized spacial score (nSPS) is 15.5. The Balaban J connectivity index is 1.82. The second kappa shape index (κ2) is 11.9. The van der Waals surface area contributed by atoms with Crippen LogP contribution in [0.15, 0.2) is 47.4 Å². The molecule has 1 fully saturated rings. The predicted octanol–water partition coefficient (Wildman–Crippen LogP) is 5.77. The number of hydrogen-bond donors (Lipinski definition) is 2. The summed E-state index contributed by atoms with van der Waals surface area (Å²) in [5.74, 6) is 0.770. The number of para-hydroxylation sites is 2. The van der Waals surface area contributed by atoms with Crippen molar-refractivity contribution in [1.29, 1.82) is 0 Å². The van der Waals surface area contributed by atoms with Crippen LogP contribution in [0.4, 0.5) is 5.69 Å². The molecule has 1 aliphatic rings. The molecular formula is C23H30Cl2N2O3RuS. The van der Waals surface area contributed by atoms with Crippen LogP contribution in [-0.4, -0.2) is 25.2 Å². The fourth-order valence-corrected chi connectivity index (χ4v) is 6.95. The number of hydrogen-bond acceptors (Lipinski definition) is 4. The van der Waals surface area contributed by atoms with Crippen LogP contribution in [0.25, 0.3) is 0 Å². The molecule has 1 saturated carbocycles. The van der Waals surface area contributed by atoms with Crippen molar-refractivity contribution >= 4 is 39.7 Å². The van der Waals surface area contributed by atoms with Crippen molar-refractivity contribution in [2.45, 2.75) is 69.5 Å². The van der Waals surface area contributed by atoms with Gasteiger partial charge in [0.1, 0.15) is 0 Å². The average Bonchev–Trinajstić information content (AvgIpc) is 2.73. The summed E-state index contributed by atoms with van der Waals surface area (Å²) in [4.78, 5) is 0.241. The SMILES string of the molecule is CC(C)Oc1ccccc1NCc1ccc(S(=O)(=O)NC2CCCCC2)cc1[CH]=[Ru]([Cl])[Cl]. The third-order valence-electron chi connectivity index (χ3n) is 5.26. The summed E-state index contributed by atoms with van der Waals surface area (Å²) < 4.78 is 36.5. The van der Waals surface area contributed by atoms with E-state index >= 15 is 0 Å². The van der Waals surface area contributed by atoms with Gasteiger partial charge in [0.15, 0.2) is 0 Å². The van der Waals surface area contributed by atoms with Crippen molar-refractivity contribution < 1.29 is 26.7 Å². The Hall–Kier alpha value is -0.977. The van der Waals surface area contributed by atoms with Crippen molar-refractivity contribution in [1.82, 2.24) is 4.72 Å². The van der Waals surface area contributed by atoms with Crippen LogP contribution in [0.2, 0.25) is 0 Å². The van der Waals surface area contributed by atoms with Gasteiger partial charge in [-0.2, -0.15) is 0 Å². The van der Waals surface area contributed by atoms with Crippen LogP contribution in [0.1, 0.15) is 57.1 Å². The second-order valence-electron chi connectivity index (χ2n) is 8.14. The van der Waals surface area contributed by atoms with Crippen LogP contribution in [0, 0.1) is 0 Å².